The number of hydrogen-bond acceptors (Lipinski definition) is 5. The van der Waals surface area contributed by atoms with Crippen molar-refractivity contribution in [3.8, 4) is 5.75 Å². The normalized spacial score (nSPS) is 15.0. The van der Waals surface area contributed by atoms with Gasteiger partial charge in [0.25, 0.3) is 5.91 Å². The Morgan fingerprint density at radius 3 is 2.38 bits per heavy atom. The minimum Gasteiger partial charge on any atom is -0.497 e. The molecule has 0 unspecified atom stereocenters. The summed E-state index contributed by atoms with van der Waals surface area (Å²) in [4.78, 5) is 43.0. The highest BCUT2D eigenvalue weighted by molar-refractivity contribution is 6.00. The zero-order chi connectivity index (χ0) is 24.8. The largest absolute Gasteiger partial charge is 0.497 e. The number of carbonyl (C=O) groups excluding carboxylic acids is 3. The molecule has 0 saturated carbocycles. The molecule has 0 aliphatic carbocycles. The lowest BCUT2D eigenvalue weighted by Gasteiger charge is -2.34. The van der Waals surface area contributed by atoms with Gasteiger partial charge in [-0.2, -0.15) is 0 Å². The lowest BCUT2D eigenvalue weighted by Crippen LogP contribution is -2.42. The Bertz CT molecular complexity index is 1020. The van der Waals surface area contributed by atoms with Crippen molar-refractivity contribution in [2.24, 2.45) is 11.8 Å². The number of likely N-dealkylation sites (tertiary alicyclic amines) is 1. The molecule has 1 aromatic heterocycles. The van der Waals surface area contributed by atoms with Crippen LogP contribution in [0.1, 0.15) is 64.4 Å². The Kier molecular flexibility index (Phi) is 8.36. The van der Waals surface area contributed by atoms with E-state index in [2.05, 4.69) is 10.3 Å². The maximum Gasteiger partial charge on any atom is 0.340 e. The van der Waals surface area contributed by atoms with E-state index in [4.69, 9.17) is 9.47 Å². The first kappa shape index (κ1) is 25.3. The van der Waals surface area contributed by atoms with Crippen molar-refractivity contribution in [2.75, 3.05) is 26.8 Å². The lowest BCUT2D eigenvalue weighted by molar-refractivity contribution is -0.126. The van der Waals surface area contributed by atoms with E-state index in [0.29, 0.717) is 42.1 Å². The number of nitrogens with one attached hydrogen (secondary N) is 2. The number of piperidine rings is 1. The molecule has 0 bridgehead atoms. The molecule has 1 aromatic carbocycles. The number of amides is 2. The fourth-order valence-corrected chi connectivity index (χ4v) is 4.54. The van der Waals surface area contributed by atoms with Crippen molar-refractivity contribution in [3.63, 3.8) is 0 Å². The average Bonchev–Trinajstić information content (AvgIpc) is 3.15. The summed E-state index contributed by atoms with van der Waals surface area (Å²) in [5.74, 6) is 0.344. The van der Waals surface area contributed by atoms with Gasteiger partial charge >= 0.3 is 5.97 Å². The standard InChI is InChI=1S/C26H35N3O5/c1-6-34-26(32)22-17(3)23(28-18(22)4)25(31)29-13-11-20(12-14-29)16(2)24(30)27-15-19-7-9-21(33-5)10-8-19/h7-10,16,20,28H,6,11-15H2,1-5H3,(H,27,30)/t16-/m1/s1. The molecule has 1 aliphatic rings. The zero-order valence-electron chi connectivity index (χ0n) is 20.7. The lowest BCUT2D eigenvalue weighted by atomic mass is 9.84. The van der Waals surface area contributed by atoms with Crippen molar-refractivity contribution in [3.05, 3.63) is 52.3 Å². The summed E-state index contributed by atoms with van der Waals surface area (Å²) in [5, 5.41) is 3.02. The van der Waals surface area contributed by atoms with Gasteiger partial charge in [0.2, 0.25) is 5.91 Å². The summed E-state index contributed by atoms with van der Waals surface area (Å²) in [6.45, 7) is 9.16. The number of esters is 1. The molecule has 8 heteroatoms. The summed E-state index contributed by atoms with van der Waals surface area (Å²) in [5.41, 5.74) is 3.14. The van der Waals surface area contributed by atoms with Crippen molar-refractivity contribution < 1.29 is 23.9 Å². The third-order valence-electron chi connectivity index (χ3n) is 6.70. The quantitative estimate of drug-likeness (QED) is 0.575. The maximum absolute atomic E-state index is 13.1. The monoisotopic (exact) mass is 469 g/mol. The Labute approximate surface area is 201 Å². The number of ether oxygens (including phenoxy) is 2. The number of carbonyl (C=O) groups is 3. The van der Waals surface area contributed by atoms with Gasteiger partial charge in [0.05, 0.1) is 19.3 Å². The Morgan fingerprint density at radius 2 is 1.79 bits per heavy atom. The molecule has 2 heterocycles. The van der Waals surface area contributed by atoms with Crippen LogP contribution < -0.4 is 10.1 Å². The van der Waals surface area contributed by atoms with Gasteiger partial charge in [0, 0.05) is 31.2 Å². The first-order valence-corrected chi connectivity index (χ1v) is 11.8. The van der Waals surface area contributed by atoms with E-state index in [1.165, 1.54) is 0 Å². The number of aromatic amines is 1. The van der Waals surface area contributed by atoms with E-state index >= 15 is 0 Å². The first-order valence-electron chi connectivity index (χ1n) is 11.8. The first-order chi connectivity index (χ1) is 16.3. The van der Waals surface area contributed by atoms with Gasteiger partial charge in [0.15, 0.2) is 0 Å². The van der Waals surface area contributed by atoms with Crippen molar-refractivity contribution in [1.82, 2.24) is 15.2 Å². The topological polar surface area (TPSA) is 101 Å². The number of benzene rings is 1. The number of aromatic nitrogens is 1. The van der Waals surface area contributed by atoms with E-state index < -0.39 is 5.97 Å². The van der Waals surface area contributed by atoms with Gasteiger partial charge in [-0.05, 0) is 62.8 Å². The van der Waals surface area contributed by atoms with Gasteiger partial charge in [-0.15, -0.1) is 0 Å². The second kappa shape index (κ2) is 11.2. The third-order valence-corrected chi connectivity index (χ3v) is 6.70. The minimum absolute atomic E-state index is 0.0236. The minimum atomic E-state index is -0.416. The highest BCUT2D eigenvalue weighted by atomic mass is 16.5. The van der Waals surface area contributed by atoms with Crippen molar-refractivity contribution >= 4 is 17.8 Å². The second-order valence-electron chi connectivity index (χ2n) is 8.83. The Morgan fingerprint density at radius 1 is 1.15 bits per heavy atom. The summed E-state index contributed by atoms with van der Waals surface area (Å²) < 4.78 is 10.3. The van der Waals surface area contributed by atoms with E-state index in [1.54, 1.807) is 32.8 Å². The summed E-state index contributed by atoms with van der Waals surface area (Å²) >= 11 is 0. The molecule has 2 N–H and O–H groups in total. The molecule has 1 fully saturated rings. The molecule has 1 aliphatic heterocycles. The van der Waals surface area contributed by atoms with Crippen LogP contribution in [0.2, 0.25) is 0 Å². The fourth-order valence-electron chi connectivity index (χ4n) is 4.54. The van der Waals surface area contributed by atoms with Crippen LogP contribution in [0.15, 0.2) is 24.3 Å². The highest BCUT2D eigenvalue weighted by Crippen LogP contribution is 2.27. The summed E-state index contributed by atoms with van der Waals surface area (Å²) in [6.07, 6.45) is 1.51. The van der Waals surface area contributed by atoms with E-state index in [1.807, 2.05) is 31.2 Å². The van der Waals surface area contributed by atoms with Gasteiger partial charge < -0.3 is 24.7 Å². The molecule has 8 nitrogen and oxygen atoms in total. The molecule has 34 heavy (non-hydrogen) atoms. The number of H-pyrrole nitrogens is 1. The van der Waals surface area contributed by atoms with Crippen LogP contribution in [0, 0.1) is 25.7 Å². The van der Waals surface area contributed by atoms with Gasteiger partial charge in [0.1, 0.15) is 11.4 Å². The Balaban J connectivity index is 1.54. The van der Waals surface area contributed by atoms with Gasteiger partial charge in [-0.1, -0.05) is 19.1 Å². The van der Waals surface area contributed by atoms with Crippen molar-refractivity contribution in [2.45, 2.75) is 47.1 Å². The third kappa shape index (κ3) is 5.61. The smallest absolute Gasteiger partial charge is 0.340 e. The van der Waals surface area contributed by atoms with Crippen molar-refractivity contribution in [1.29, 1.82) is 0 Å². The SMILES string of the molecule is CCOC(=O)c1c(C)[nH]c(C(=O)N2CCC([C@@H](C)C(=O)NCc3ccc(OC)cc3)CC2)c1C. The number of rotatable bonds is 8. The van der Waals surface area contributed by atoms with Crippen LogP contribution in [0.4, 0.5) is 0 Å². The molecule has 2 aromatic rings. The van der Waals surface area contributed by atoms with Crippen LogP contribution >= 0.6 is 0 Å². The van der Waals surface area contributed by atoms with Gasteiger partial charge in [-0.3, -0.25) is 9.59 Å². The second-order valence-corrected chi connectivity index (χ2v) is 8.83. The number of methoxy groups -OCH3 is 1. The molecule has 3 rings (SSSR count). The molecular formula is C26H35N3O5. The van der Waals surface area contributed by atoms with Crippen LogP contribution in [0.5, 0.6) is 5.75 Å². The summed E-state index contributed by atoms with van der Waals surface area (Å²) in [6, 6.07) is 7.62. The average molecular weight is 470 g/mol. The van der Waals surface area contributed by atoms with E-state index in [0.717, 1.165) is 24.2 Å². The van der Waals surface area contributed by atoms with Crippen LogP contribution in [0.3, 0.4) is 0 Å². The molecule has 0 spiro atoms. The number of nitrogens with zero attached hydrogens (tertiary/aromatic N) is 1. The molecular weight excluding hydrogens is 434 g/mol. The number of aryl methyl sites for hydroxylation is 1. The highest BCUT2D eigenvalue weighted by Gasteiger charge is 2.32. The fraction of sp³-hybridized carbons (Fsp3) is 0.500. The van der Waals surface area contributed by atoms with Crippen LogP contribution in [-0.2, 0) is 16.1 Å². The maximum atomic E-state index is 13.1. The molecule has 184 valence electrons. The van der Waals surface area contributed by atoms with E-state index in [9.17, 15) is 14.4 Å². The molecule has 1 saturated heterocycles. The summed E-state index contributed by atoms with van der Waals surface area (Å²) in [7, 11) is 1.62. The van der Waals surface area contributed by atoms with Crippen LogP contribution in [0.25, 0.3) is 0 Å². The predicted octanol–water partition coefficient (Wildman–Crippen LogP) is 3.62. The zero-order valence-corrected chi connectivity index (χ0v) is 20.7. The molecule has 2 amide bonds. The number of hydrogen-bond donors (Lipinski definition) is 2. The van der Waals surface area contributed by atoms with Gasteiger partial charge in [-0.25, -0.2) is 4.79 Å². The Hall–Kier alpha value is -3.29. The van der Waals surface area contributed by atoms with E-state index in [-0.39, 0.29) is 30.3 Å². The molecule has 0 radical (unpaired) electrons. The predicted molar refractivity (Wildman–Crippen MR) is 129 cm³/mol. The molecule has 1 atom stereocenters. The van der Waals surface area contributed by atoms with Crippen LogP contribution in [-0.4, -0.2) is 54.5 Å².